The van der Waals surface area contributed by atoms with Gasteiger partial charge in [-0.1, -0.05) is 48.5 Å². The molecule has 4 rings (SSSR count). The van der Waals surface area contributed by atoms with Gasteiger partial charge in [0.15, 0.2) is 0 Å². The smallest absolute Gasteiger partial charge is 0.407 e. The third-order valence-corrected chi connectivity index (χ3v) is 7.09. The van der Waals surface area contributed by atoms with Crippen LogP contribution >= 0.6 is 11.8 Å². The van der Waals surface area contributed by atoms with Crippen molar-refractivity contribution in [2.24, 2.45) is 0 Å². The Labute approximate surface area is 203 Å². The lowest BCUT2D eigenvalue weighted by Crippen LogP contribution is -2.57. The Morgan fingerprint density at radius 1 is 1.09 bits per heavy atom. The molecule has 2 N–H and O–H groups in total. The largest absolute Gasteiger partial charge is 0.480 e. The summed E-state index contributed by atoms with van der Waals surface area (Å²) in [7, 11) is 0. The molecule has 2 aromatic carbocycles. The highest BCUT2D eigenvalue weighted by atomic mass is 32.2. The first-order valence-electron chi connectivity index (χ1n) is 10.9. The minimum atomic E-state index is -4.76. The van der Waals surface area contributed by atoms with Crippen LogP contribution in [0.1, 0.15) is 23.5 Å². The number of fused-ring (bicyclic) bond motifs is 3. The van der Waals surface area contributed by atoms with E-state index in [0.29, 0.717) is 5.75 Å². The fourth-order valence-electron chi connectivity index (χ4n) is 4.49. The van der Waals surface area contributed by atoms with Crippen molar-refractivity contribution >= 4 is 29.7 Å². The molecule has 2 unspecified atom stereocenters. The molecule has 2 amide bonds. The molecule has 0 saturated carbocycles. The van der Waals surface area contributed by atoms with Crippen molar-refractivity contribution in [2.45, 2.75) is 30.6 Å². The van der Waals surface area contributed by atoms with Crippen LogP contribution in [0.15, 0.2) is 48.5 Å². The van der Waals surface area contributed by atoms with Crippen LogP contribution < -0.4 is 5.32 Å². The van der Waals surface area contributed by atoms with E-state index in [-0.39, 0.29) is 24.8 Å². The number of carboxylic acid groups (broad SMARTS) is 1. The molecule has 1 saturated heterocycles. The number of carbonyl (C=O) groups excluding carboxylic acids is 2. The summed E-state index contributed by atoms with van der Waals surface area (Å²) in [5, 5.41) is 11.4. The van der Waals surface area contributed by atoms with Gasteiger partial charge in [0.05, 0.1) is 6.42 Å². The second kappa shape index (κ2) is 10.2. The Balaban J connectivity index is 1.47. The molecule has 0 radical (unpaired) electrons. The first-order valence-corrected chi connectivity index (χ1v) is 12.1. The summed E-state index contributed by atoms with van der Waals surface area (Å²) in [6.07, 6.45) is -7.57. The maximum atomic E-state index is 13.2. The maximum absolute atomic E-state index is 13.2. The molecule has 0 aromatic heterocycles. The molecule has 1 fully saturated rings. The Morgan fingerprint density at radius 3 is 2.26 bits per heavy atom. The first kappa shape index (κ1) is 24.9. The van der Waals surface area contributed by atoms with E-state index < -0.39 is 42.7 Å². The normalized spacial score (nSPS) is 18.4. The van der Waals surface area contributed by atoms with Gasteiger partial charge in [-0.3, -0.25) is 4.79 Å². The van der Waals surface area contributed by atoms with Gasteiger partial charge in [0.25, 0.3) is 0 Å². The Hall–Kier alpha value is -3.21. The van der Waals surface area contributed by atoms with E-state index in [1.807, 2.05) is 53.8 Å². The Kier molecular flexibility index (Phi) is 7.25. The van der Waals surface area contributed by atoms with Crippen molar-refractivity contribution in [3.63, 3.8) is 0 Å². The zero-order valence-electron chi connectivity index (χ0n) is 18.5. The summed E-state index contributed by atoms with van der Waals surface area (Å²) in [5.41, 5.74) is 3.84. The monoisotopic (exact) mass is 508 g/mol. The van der Waals surface area contributed by atoms with Crippen LogP contribution in [0.4, 0.5) is 18.0 Å². The number of nitrogens with one attached hydrogen (secondary N) is 1. The number of halogens is 3. The average molecular weight is 509 g/mol. The molecule has 0 bridgehead atoms. The van der Waals surface area contributed by atoms with E-state index in [0.717, 1.165) is 27.2 Å². The fourth-order valence-corrected chi connectivity index (χ4v) is 5.52. The Bertz CT molecular complexity index is 1080. The van der Waals surface area contributed by atoms with Crippen molar-refractivity contribution in [3.05, 3.63) is 59.7 Å². The lowest BCUT2D eigenvalue weighted by atomic mass is 9.98. The number of thioether (sulfide) groups is 1. The van der Waals surface area contributed by atoms with Gasteiger partial charge in [0.2, 0.25) is 5.91 Å². The number of amides is 2. The third kappa shape index (κ3) is 5.55. The number of hydrogen-bond donors (Lipinski definition) is 2. The van der Waals surface area contributed by atoms with Gasteiger partial charge in [-0.05, 0) is 22.3 Å². The quantitative estimate of drug-likeness (QED) is 0.615. The van der Waals surface area contributed by atoms with E-state index >= 15 is 0 Å². The Morgan fingerprint density at radius 2 is 1.69 bits per heavy atom. The van der Waals surface area contributed by atoms with Gasteiger partial charge in [-0.25, -0.2) is 9.59 Å². The van der Waals surface area contributed by atoms with Crippen LogP contribution in [0.2, 0.25) is 0 Å². The van der Waals surface area contributed by atoms with Crippen LogP contribution in [0.25, 0.3) is 11.1 Å². The summed E-state index contributed by atoms with van der Waals surface area (Å²) < 4.78 is 44.9. The van der Waals surface area contributed by atoms with E-state index in [2.05, 4.69) is 0 Å². The minimum absolute atomic E-state index is 0.0266. The van der Waals surface area contributed by atoms with Crippen molar-refractivity contribution in [3.8, 4) is 11.1 Å². The molecule has 11 heteroatoms. The van der Waals surface area contributed by atoms with Crippen molar-refractivity contribution in [1.29, 1.82) is 0 Å². The molecular formula is C24H23F3N2O5S. The maximum Gasteiger partial charge on any atom is 0.407 e. The SMILES string of the molecule is O=C(NC(CC(F)(F)F)C(=O)N1CCSCC1C(=O)O)OCC1c2ccccc2-c2ccccc21. The highest BCUT2D eigenvalue weighted by molar-refractivity contribution is 7.99. The molecule has 1 heterocycles. The molecule has 1 aliphatic heterocycles. The predicted octanol–water partition coefficient (Wildman–Crippen LogP) is 3.87. The summed E-state index contributed by atoms with van der Waals surface area (Å²) in [5.74, 6) is -2.26. The summed E-state index contributed by atoms with van der Waals surface area (Å²) >= 11 is 1.29. The number of carboxylic acids is 1. The molecule has 186 valence electrons. The van der Waals surface area contributed by atoms with E-state index in [1.165, 1.54) is 11.8 Å². The third-order valence-electron chi connectivity index (χ3n) is 6.07. The highest BCUT2D eigenvalue weighted by Gasteiger charge is 2.42. The number of benzene rings is 2. The van der Waals surface area contributed by atoms with E-state index in [9.17, 15) is 32.7 Å². The van der Waals surface area contributed by atoms with E-state index in [1.54, 1.807) is 0 Å². The number of rotatable bonds is 6. The zero-order chi connectivity index (χ0) is 25.2. The average Bonchev–Trinajstić information content (AvgIpc) is 3.14. The number of nitrogens with zero attached hydrogens (tertiary/aromatic N) is 1. The van der Waals surface area contributed by atoms with Gasteiger partial charge >= 0.3 is 18.2 Å². The molecule has 0 spiro atoms. The number of hydrogen-bond acceptors (Lipinski definition) is 5. The molecule has 2 aliphatic rings. The van der Waals surface area contributed by atoms with Crippen LogP contribution in [-0.4, -0.2) is 70.9 Å². The first-order chi connectivity index (χ1) is 16.7. The number of carbonyl (C=O) groups is 3. The van der Waals surface area contributed by atoms with E-state index in [4.69, 9.17) is 4.74 Å². The molecule has 35 heavy (non-hydrogen) atoms. The highest BCUT2D eigenvalue weighted by Crippen LogP contribution is 2.44. The van der Waals surface area contributed by atoms with Crippen LogP contribution in [-0.2, 0) is 14.3 Å². The van der Waals surface area contributed by atoms with Crippen LogP contribution in [0.5, 0.6) is 0 Å². The number of aliphatic carboxylic acids is 1. The number of alkyl carbamates (subject to hydrolysis) is 1. The molecular weight excluding hydrogens is 485 g/mol. The molecule has 2 atom stereocenters. The standard InChI is InChI=1S/C24H23F3N2O5S/c25-24(26,27)11-19(21(30)29-9-10-35-13-20(29)22(31)32)28-23(33)34-12-18-16-7-3-1-5-14(16)15-6-2-4-8-17(15)18/h1-8,18-20H,9-13H2,(H,28,33)(H,31,32). The molecule has 7 nitrogen and oxygen atoms in total. The van der Waals surface area contributed by atoms with Gasteiger partial charge in [-0.2, -0.15) is 24.9 Å². The van der Waals surface area contributed by atoms with Crippen molar-refractivity contribution < 1.29 is 37.4 Å². The molecule has 1 aliphatic carbocycles. The number of alkyl halides is 3. The van der Waals surface area contributed by atoms with Crippen molar-refractivity contribution in [2.75, 3.05) is 24.7 Å². The lowest BCUT2D eigenvalue weighted by Gasteiger charge is -2.35. The summed E-state index contributed by atoms with van der Waals surface area (Å²) in [6.45, 7) is -0.161. The topological polar surface area (TPSA) is 95.9 Å². The second-order valence-electron chi connectivity index (χ2n) is 8.30. The molecule has 2 aromatic rings. The fraction of sp³-hybridized carbons (Fsp3) is 0.375. The summed E-state index contributed by atoms with van der Waals surface area (Å²) in [6, 6.07) is 11.9. The zero-order valence-corrected chi connectivity index (χ0v) is 19.3. The van der Waals surface area contributed by atoms with Crippen LogP contribution in [0, 0.1) is 0 Å². The van der Waals surface area contributed by atoms with Gasteiger partial charge in [-0.15, -0.1) is 0 Å². The summed E-state index contributed by atoms with van der Waals surface area (Å²) in [4.78, 5) is 37.8. The lowest BCUT2D eigenvalue weighted by molar-refractivity contribution is -0.158. The van der Waals surface area contributed by atoms with Gasteiger partial charge < -0.3 is 20.1 Å². The predicted molar refractivity (Wildman–Crippen MR) is 123 cm³/mol. The second-order valence-corrected chi connectivity index (χ2v) is 9.45. The van der Waals surface area contributed by atoms with Crippen LogP contribution in [0.3, 0.4) is 0 Å². The minimum Gasteiger partial charge on any atom is -0.480 e. The van der Waals surface area contributed by atoms with Gasteiger partial charge in [0.1, 0.15) is 18.7 Å². The van der Waals surface area contributed by atoms with Crippen molar-refractivity contribution in [1.82, 2.24) is 10.2 Å². The number of ether oxygens (including phenoxy) is 1. The van der Waals surface area contributed by atoms with Gasteiger partial charge in [0, 0.05) is 24.0 Å².